The highest BCUT2D eigenvalue weighted by atomic mass is 16.6. The van der Waals surface area contributed by atoms with Crippen molar-refractivity contribution in [1.82, 2.24) is 0 Å². The highest BCUT2D eigenvalue weighted by molar-refractivity contribution is 6.06. The molecule has 0 aromatic rings. The molecular weight excluding hydrogens is 1170 g/mol. The Morgan fingerprint density at radius 1 is 0.444 bits per heavy atom. The Balaban J connectivity index is 0.000000149. The molecule has 0 bridgehead atoms. The Bertz CT molecular complexity index is 3360. The molecule has 0 amide bonds. The van der Waals surface area contributed by atoms with Crippen LogP contribution in [0.4, 0.5) is 0 Å². The van der Waals surface area contributed by atoms with Crippen molar-refractivity contribution in [1.29, 1.82) is 0 Å². The Kier molecular flexibility index (Phi) is 15.6. The number of hydrogen-bond donors (Lipinski definition) is 11. The monoisotopic (exact) mass is 1260 g/mol. The van der Waals surface area contributed by atoms with Gasteiger partial charge in [0.2, 0.25) is 0 Å². The van der Waals surface area contributed by atoms with E-state index in [1.165, 1.54) is 27.7 Å². The van der Waals surface area contributed by atoms with Crippen LogP contribution in [0.5, 0.6) is 0 Å². The minimum Gasteiger partial charge on any atom is -0.459 e. The summed E-state index contributed by atoms with van der Waals surface area (Å²) in [5.74, 6) is -12.1. The maximum Gasteiger partial charge on any atom is 0.303 e. The molecule has 0 aromatic carbocycles. The molecule has 0 spiro atoms. The van der Waals surface area contributed by atoms with Gasteiger partial charge in [-0.3, -0.25) is 33.6 Å². The third kappa shape index (κ3) is 8.29. The number of aliphatic hydroxyl groups is 11. The van der Waals surface area contributed by atoms with Crippen LogP contribution >= 0.6 is 0 Å². The molecule has 496 valence electrons. The first-order valence-electron chi connectivity index (χ1n) is 31.4. The molecule has 0 heterocycles. The zero-order valence-electron chi connectivity index (χ0n) is 54.3. The van der Waals surface area contributed by atoms with Crippen LogP contribution in [0.15, 0.2) is 69.9 Å². The van der Waals surface area contributed by atoms with Gasteiger partial charge in [-0.2, -0.15) is 0 Å². The number of carbonyl (C=O) groups excluding carboxylic acids is 7. The summed E-state index contributed by atoms with van der Waals surface area (Å²) in [5, 5.41) is 124. The number of rotatable bonds is 7. The van der Waals surface area contributed by atoms with Crippen LogP contribution in [-0.4, -0.2) is 186 Å². The molecule has 22 nitrogen and oxygen atoms in total. The molecule has 11 N–H and O–H groups in total. The molecule has 90 heavy (non-hydrogen) atoms. The highest BCUT2D eigenvalue weighted by Crippen LogP contribution is 2.79. The first-order valence-corrected chi connectivity index (χ1v) is 31.4. The lowest BCUT2D eigenvalue weighted by molar-refractivity contribution is -0.227. The van der Waals surface area contributed by atoms with E-state index in [4.69, 9.17) is 18.9 Å². The van der Waals surface area contributed by atoms with Crippen molar-refractivity contribution in [2.45, 2.75) is 199 Å². The Labute approximate surface area is 523 Å². The van der Waals surface area contributed by atoms with E-state index in [0.717, 1.165) is 0 Å². The van der Waals surface area contributed by atoms with Crippen molar-refractivity contribution in [2.75, 3.05) is 19.8 Å². The smallest absolute Gasteiger partial charge is 0.303 e. The fourth-order valence-corrected chi connectivity index (χ4v) is 20.9. The van der Waals surface area contributed by atoms with E-state index in [0.29, 0.717) is 33.4 Å². The predicted molar refractivity (Wildman–Crippen MR) is 317 cm³/mol. The van der Waals surface area contributed by atoms with E-state index in [1.54, 1.807) is 78.0 Å². The summed E-state index contributed by atoms with van der Waals surface area (Å²) in [6.45, 7) is 25.1. The fourth-order valence-electron chi connectivity index (χ4n) is 20.9. The van der Waals surface area contributed by atoms with Gasteiger partial charge in [0, 0.05) is 134 Å². The number of Topliss-reactive ketones (excluding diaryl/α,β-unsaturated/α-hetero) is 3. The summed E-state index contributed by atoms with van der Waals surface area (Å²) < 4.78 is 22.8. The van der Waals surface area contributed by atoms with Gasteiger partial charge >= 0.3 is 23.9 Å². The van der Waals surface area contributed by atoms with Crippen molar-refractivity contribution in [3.63, 3.8) is 0 Å². The largest absolute Gasteiger partial charge is 0.459 e. The quantitative estimate of drug-likeness (QED) is 0.0987. The van der Waals surface area contributed by atoms with Crippen LogP contribution in [0.3, 0.4) is 0 Å². The van der Waals surface area contributed by atoms with E-state index in [-0.39, 0.29) is 39.1 Å². The molecule has 12 rings (SSSR count). The summed E-state index contributed by atoms with van der Waals surface area (Å²) in [7, 11) is 0. The number of esters is 4. The maximum absolute atomic E-state index is 13.0. The third-order valence-electron chi connectivity index (χ3n) is 25.2. The number of ketones is 3. The van der Waals surface area contributed by atoms with Crippen molar-refractivity contribution < 1.29 is 109 Å². The minimum absolute atomic E-state index is 0.0871. The molecule has 12 aliphatic carbocycles. The summed E-state index contributed by atoms with van der Waals surface area (Å²) in [6, 6.07) is 0. The Hall–Kier alpha value is -5.11. The van der Waals surface area contributed by atoms with E-state index < -0.39 is 197 Å². The lowest BCUT2D eigenvalue weighted by Gasteiger charge is -2.53. The van der Waals surface area contributed by atoms with Crippen molar-refractivity contribution >= 4 is 41.2 Å². The zero-order chi connectivity index (χ0) is 67.5. The van der Waals surface area contributed by atoms with Gasteiger partial charge in [-0.25, -0.2) is 0 Å². The van der Waals surface area contributed by atoms with Gasteiger partial charge in [0.05, 0.1) is 42.7 Å². The summed E-state index contributed by atoms with van der Waals surface area (Å²) in [5.41, 5.74) is -14.0. The molecular formula is C68H92O22. The van der Waals surface area contributed by atoms with Gasteiger partial charge < -0.3 is 75.1 Å². The normalized spacial score (nSPS) is 48.5. The van der Waals surface area contributed by atoms with Crippen LogP contribution in [0.2, 0.25) is 0 Å². The minimum atomic E-state index is -1.92. The van der Waals surface area contributed by atoms with Gasteiger partial charge in [-0.15, -0.1) is 0 Å². The molecule has 0 radical (unpaired) electrons. The van der Waals surface area contributed by atoms with Gasteiger partial charge in [-0.1, -0.05) is 98.8 Å². The van der Waals surface area contributed by atoms with E-state index >= 15 is 0 Å². The molecule has 0 aliphatic heterocycles. The molecule has 0 aromatic heterocycles. The second-order valence-electron chi connectivity index (χ2n) is 30.5. The summed E-state index contributed by atoms with van der Waals surface area (Å²) in [6.07, 6.45) is 6.54. The van der Waals surface area contributed by atoms with E-state index in [9.17, 15) is 89.7 Å². The number of fused-ring (bicyclic) bond motifs is 15. The number of ether oxygens (including phenoxy) is 4. The number of carbonyl (C=O) groups is 7. The van der Waals surface area contributed by atoms with Crippen LogP contribution in [-0.2, 0) is 52.5 Å². The summed E-state index contributed by atoms with van der Waals surface area (Å²) in [4.78, 5) is 86.6. The topological polar surface area (TPSA) is 379 Å². The molecule has 6 saturated carbocycles. The maximum atomic E-state index is 13.0. The van der Waals surface area contributed by atoms with Crippen LogP contribution < -0.4 is 0 Å². The second kappa shape index (κ2) is 20.7. The van der Waals surface area contributed by atoms with Crippen molar-refractivity contribution in [3.8, 4) is 0 Å². The molecule has 22 heteroatoms. The van der Waals surface area contributed by atoms with Crippen LogP contribution in [0.1, 0.15) is 130 Å². The van der Waals surface area contributed by atoms with Gasteiger partial charge in [0.25, 0.3) is 0 Å². The predicted octanol–water partition coefficient (Wildman–Crippen LogP) is 2.07. The molecule has 12 aliphatic rings. The van der Waals surface area contributed by atoms with E-state index in [1.807, 2.05) is 41.5 Å². The Morgan fingerprint density at radius 2 is 0.744 bits per heavy atom. The lowest BCUT2D eigenvalue weighted by atomic mass is 9.59. The van der Waals surface area contributed by atoms with E-state index in [2.05, 4.69) is 0 Å². The average molecular weight is 1260 g/mol. The van der Waals surface area contributed by atoms with Crippen molar-refractivity contribution in [2.24, 2.45) is 87.3 Å². The number of aliphatic hydroxyl groups excluding tert-OH is 4. The lowest BCUT2D eigenvalue weighted by Crippen LogP contribution is -2.66. The average Bonchev–Trinajstić information content (AvgIpc) is 1.48. The molecule has 0 saturated heterocycles. The molecule has 24 atom stereocenters. The van der Waals surface area contributed by atoms with Crippen molar-refractivity contribution in [3.05, 3.63) is 69.9 Å². The second-order valence-corrected chi connectivity index (χ2v) is 30.5. The first-order chi connectivity index (χ1) is 41.3. The SMILES string of the molecule is CC(=O)O[C@@H]1[C@@H](C)[C@@]2(O)[C@@H](C=C(CO)C[C@]3(O)C(=O)C(C)=C[C@@H]23)[C@@H]2C(C)(C)[C@]12OC(C)=O.CC(=O)O[C@@H]1[C@@H](C)[C@@]2(O)[C@@H](C=C(CO)C[C@]3(O)C(=O)C(C)=C[C@@H]23)[C@H]2C(C)(C)[C@]12O.CC(=O)O[C@@]12[C@H](O)[C@@H](C)[C@@]3(O)[C@@H](C=C(CO)C[C@]4(O)C(=O)C(C)=C[C@@H]34)[C@@H]1C2(C)C. The zero-order valence-corrected chi connectivity index (χ0v) is 54.3. The Morgan fingerprint density at radius 3 is 1.09 bits per heavy atom. The highest BCUT2D eigenvalue weighted by Gasteiger charge is 2.90. The molecule has 6 fully saturated rings. The standard InChI is InChI=1S/C24H32O8.2C22H30O7/c1-11-7-17-22(29,19(11)28)9-15(10-25)8-16-18-21(5,6)24(18,32-14(4)27)20(31-13(3)26)12(2)23(16,17)30;1-10-6-15-20(26,17(10)25)8-13(9-23)7-14-16-19(4,5)22(16,28)18(29-12(3)24)11(2)21(14,15)27;1-10-6-15-20(27,17(10)25)8-13(9-23)7-14-16-19(4,5)22(16,29-12(3)24)18(26)11(2)21(14,15)28/h7-8,12,16-18,20,25,29-30H,9-10H2,1-6H3;2*6-7,11,14-16,18,23,26-28H,8-9H2,1-5H3/t12-,16+,17-,18-,20-,22-,23-,24-;11-,14+,15-,16+,18-,20-,21-,22-;11-,14+,15-,16-,18-,20-,21-,22-/m111/s1. The first kappa shape index (κ1) is 67.8. The third-order valence-corrected chi connectivity index (χ3v) is 25.2. The van der Waals surface area contributed by atoms with Crippen LogP contribution in [0.25, 0.3) is 0 Å². The van der Waals surface area contributed by atoms with Gasteiger partial charge in [0.1, 0.15) is 40.2 Å². The summed E-state index contributed by atoms with van der Waals surface area (Å²) >= 11 is 0. The number of hydrogen-bond acceptors (Lipinski definition) is 22. The molecule has 0 unspecified atom stereocenters. The fraction of sp³-hybridized carbons (Fsp3) is 0.721. The van der Waals surface area contributed by atoms with Gasteiger partial charge in [-0.05, 0) is 54.2 Å². The van der Waals surface area contributed by atoms with Gasteiger partial charge in [0.15, 0.2) is 23.0 Å². The van der Waals surface area contributed by atoms with Crippen LogP contribution in [0, 0.1) is 87.3 Å².